The predicted octanol–water partition coefficient (Wildman–Crippen LogP) is 1.21. The molecule has 0 saturated carbocycles. The number of nitrogen functional groups attached to an aromatic ring is 1. The van der Waals surface area contributed by atoms with E-state index in [-0.39, 0.29) is 0 Å². The van der Waals surface area contributed by atoms with E-state index in [0.717, 1.165) is 38.2 Å². The molecule has 0 spiro atoms. The lowest BCUT2D eigenvalue weighted by Gasteiger charge is -2.36. The third-order valence-electron chi connectivity index (χ3n) is 3.85. The second kappa shape index (κ2) is 5.40. The van der Waals surface area contributed by atoms with Crippen molar-refractivity contribution in [3.8, 4) is 0 Å². The molecule has 98 valence electrons. The zero-order valence-electron chi connectivity index (χ0n) is 11.1. The van der Waals surface area contributed by atoms with E-state index in [9.17, 15) is 4.79 Å². The van der Waals surface area contributed by atoms with Crippen LogP contribution in [-0.2, 0) is 4.79 Å². The maximum absolute atomic E-state index is 10.5. The van der Waals surface area contributed by atoms with Crippen molar-refractivity contribution in [1.29, 1.82) is 0 Å². The van der Waals surface area contributed by atoms with Gasteiger partial charge in [0.15, 0.2) is 0 Å². The van der Waals surface area contributed by atoms with Gasteiger partial charge in [0.1, 0.15) is 6.29 Å². The molecule has 0 amide bonds. The lowest BCUT2D eigenvalue weighted by atomic mass is 10.0. The maximum atomic E-state index is 10.5. The fraction of sp³-hybridized carbons (Fsp3) is 0.500. The normalized spacial score (nSPS) is 16.9. The average Bonchev–Trinajstić information content (AvgIpc) is 2.38. The van der Waals surface area contributed by atoms with Crippen molar-refractivity contribution in [3.63, 3.8) is 0 Å². The van der Waals surface area contributed by atoms with E-state index in [1.165, 1.54) is 16.8 Å². The van der Waals surface area contributed by atoms with E-state index in [2.05, 4.69) is 29.7 Å². The largest absolute Gasteiger partial charge is 0.399 e. The smallest absolute Gasteiger partial charge is 0.133 e. The monoisotopic (exact) mass is 247 g/mol. The molecule has 1 saturated heterocycles. The summed E-state index contributed by atoms with van der Waals surface area (Å²) in [6.07, 6.45) is 0.980. The number of hydrogen-bond acceptors (Lipinski definition) is 4. The summed E-state index contributed by atoms with van der Waals surface area (Å²) >= 11 is 0. The maximum Gasteiger partial charge on any atom is 0.133 e. The van der Waals surface area contributed by atoms with Crippen LogP contribution in [0.1, 0.15) is 11.1 Å². The lowest BCUT2D eigenvalue weighted by molar-refractivity contribution is -0.108. The van der Waals surface area contributed by atoms with Crippen LogP contribution >= 0.6 is 0 Å². The predicted molar refractivity (Wildman–Crippen MR) is 75.0 cm³/mol. The van der Waals surface area contributed by atoms with Gasteiger partial charge in [0.25, 0.3) is 0 Å². The summed E-state index contributed by atoms with van der Waals surface area (Å²) in [7, 11) is 0. The Hall–Kier alpha value is -1.55. The molecular weight excluding hydrogens is 226 g/mol. The first kappa shape index (κ1) is 12.9. The van der Waals surface area contributed by atoms with Crippen LogP contribution in [0.15, 0.2) is 12.1 Å². The highest BCUT2D eigenvalue weighted by atomic mass is 16.1. The molecule has 1 aromatic rings. The SMILES string of the molecule is Cc1c(N)ccc(N2CCN(CC=O)CC2)c1C. The number of hydrogen-bond donors (Lipinski definition) is 1. The van der Waals surface area contributed by atoms with Crippen LogP contribution in [0.4, 0.5) is 11.4 Å². The number of piperazine rings is 1. The molecule has 0 atom stereocenters. The van der Waals surface area contributed by atoms with Crippen LogP contribution in [0.25, 0.3) is 0 Å². The van der Waals surface area contributed by atoms with Gasteiger partial charge in [-0.3, -0.25) is 4.90 Å². The van der Waals surface area contributed by atoms with Crippen LogP contribution in [0.5, 0.6) is 0 Å². The molecule has 0 radical (unpaired) electrons. The minimum absolute atomic E-state index is 0.549. The van der Waals surface area contributed by atoms with Gasteiger partial charge in [-0.05, 0) is 37.1 Å². The lowest BCUT2D eigenvalue weighted by Crippen LogP contribution is -2.47. The summed E-state index contributed by atoms with van der Waals surface area (Å²) in [6.45, 7) is 8.57. The molecule has 0 unspecified atom stereocenters. The van der Waals surface area contributed by atoms with E-state index in [0.29, 0.717) is 6.54 Å². The summed E-state index contributed by atoms with van der Waals surface area (Å²) in [6, 6.07) is 4.09. The van der Waals surface area contributed by atoms with Gasteiger partial charge in [0.05, 0.1) is 6.54 Å². The molecule has 1 aliphatic rings. The molecule has 1 aliphatic heterocycles. The highest BCUT2D eigenvalue weighted by molar-refractivity contribution is 5.64. The van der Waals surface area contributed by atoms with Crippen LogP contribution < -0.4 is 10.6 Å². The highest BCUT2D eigenvalue weighted by Gasteiger charge is 2.18. The first-order chi connectivity index (χ1) is 8.63. The van der Waals surface area contributed by atoms with Crippen LogP contribution in [0.2, 0.25) is 0 Å². The van der Waals surface area contributed by atoms with Crippen molar-refractivity contribution in [2.45, 2.75) is 13.8 Å². The Kier molecular flexibility index (Phi) is 3.87. The van der Waals surface area contributed by atoms with E-state index in [1.807, 2.05) is 6.07 Å². The second-order valence-electron chi connectivity index (χ2n) is 4.88. The van der Waals surface area contributed by atoms with Crippen LogP contribution in [0.3, 0.4) is 0 Å². The summed E-state index contributed by atoms with van der Waals surface area (Å²) in [5.41, 5.74) is 10.5. The van der Waals surface area contributed by atoms with Gasteiger partial charge in [-0.15, -0.1) is 0 Å². The molecule has 1 fully saturated rings. The van der Waals surface area contributed by atoms with Crippen LogP contribution in [-0.4, -0.2) is 43.9 Å². The molecule has 2 N–H and O–H groups in total. The molecule has 1 aromatic carbocycles. The van der Waals surface area contributed by atoms with Crippen molar-refractivity contribution in [2.75, 3.05) is 43.4 Å². The first-order valence-electron chi connectivity index (χ1n) is 6.40. The third-order valence-corrected chi connectivity index (χ3v) is 3.85. The summed E-state index contributed by atoms with van der Waals surface area (Å²) in [5.74, 6) is 0. The van der Waals surface area contributed by atoms with E-state index in [4.69, 9.17) is 5.73 Å². The topological polar surface area (TPSA) is 49.6 Å². The average molecular weight is 247 g/mol. The number of rotatable bonds is 3. The fourth-order valence-electron chi connectivity index (χ4n) is 2.45. The van der Waals surface area contributed by atoms with Gasteiger partial charge in [0.2, 0.25) is 0 Å². The fourth-order valence-corrected chi connectivity index (χ4v) is 2.45. The Morgan fingerprint density at radius 3 is 2.44 bits per heavy atom. The number of anilines is 2. The number of aldehydes is 1. The van der Waals surface area contributed by atoms with Gasteiger partial charge in [0, 0.05) is 37.6 Å². The van der Waals surface area contributed by atoms with Crippen molar-refractivity contribution in [2.24, 2.45) is 0 Å². The Morgan fingerprint density at radius 1 is 1.17 bits per heavy atom. The van der Waals surface area contributed by atoms with E-state index >= 15 is 0 Å². The third kappa shape index (κ3) is 2.48. The Balaban J connectivity index is 2.10. The quantitative estimate of drug-likeness (QED) is 0.644. The van der Waals surface area contributed by atoms with Gasteiger partial charge in [-0.25, -0.2) is 0 Å². The molecule has 4 nitrogen and oxygen atoms in total. The van der Waals surface area contributed by atoms with Crippen molar-refractivity contribution >= 4 is 17.7 Å². The summed E-state index contributed by atoms with van der Waals surface area (Å²) in [5, 5.41) is 0. The van der Waals surface area contributed by atoms with Gasteiger partial charge in [-0.1, -0.05) is 0 Å². The van der Waals surface area contributed by atoms with Crippen molar-refractivity contribution in [3.05, 3.63) is 23.3 Å². The van der Waals surface area contributed by atoms with E-state index in [1.54, 1.807) is 0 Å². The zero-order chi connectivity index (χ0) is 13.1. The van der Waals surface area contributed by atoms with E-state index < -0.39 is 0 Å². The Labute approximate surface area is 108 Å². The highest BCUT2D eigenvalue weighted by Crippen LogP contribution is 2.27. The molecule has 4 heteroatoms. The molecule has 2 rings (SSSR count). The van der Waals surface area contributed by atoms with Crippen LogP contribution in [0, 0.1) is 13.8 Å². The van der Waals surface area contributed by atoms with Gasteiger partial charge in [-0.2, -0.15) is 0 Å². The second-order valence-corrected chi connectivity index (χ2v) is 4.88. The number of carbonyl (C=O) groups is 1. The molecular formula is C14H21N3O. The van der Waals surface area contributed by atoms with Gasteiger partial charge >= 0.3 is 0 Å². The molecule has 1 heterocycles. The summed E-state index contributed by atoms with van der Waals surface area (Å²) in [4.78, 5) is 15.1. The van der Waals surface area contributed by atoms with Crippen molar-refractivity contribution in [1.82, 2.24) is 4.90 Å². The number of nitrogens with two attached hydrogens (primary N) is 1. The van der Waals surface area contributed by atoms with Crippen molar-refractivity contribution < 1.29 is 4.79 Å². The molecule has 0 aromatic heterocycles. The first-order valence-corrected chi connectivity index (χ1v) is 6.40. The zero-order valence-corrected chi connectivity index (χ0v) is 11.1. The Bertz CT molecular complexity index is 437. The molecule has 0 bridgehead atoms. The number of carbonyl (C=O) groups excluding carboxylic acids is 1. The standard InChI is InChI=1S/C14H21N3O/c1-11-12(2)14(4-3-13(11)15)17-7-5-16(6-8-17)9-10-18/h3-4,10H,5-9,15H2,1-2H3. The van der Waals surface area contributed by atoms with Gasteiger partial charge < -0.3 is 15.4 Å². The molecule has 18 heavy (non-hydrogen) atoms. The number of nitrogens with zero attached hydrogens (tertiary/aromatic N) is 2. The molecule has 0 aliphatic carbocycles. The number of benzene rings is 1. The summed E-state index contributed by atoms with van der Waals surface area (Å²) < 4.78 is 0. The minimum atomic E-state index is 0.549. The Morgan fingerprint density at radius 2 is 1.83 bits per heavy atom. The minimum Gasteiger partial charge on any atom is -0.399 e.